The number of carbonyl (C=O) groups is 1. The molecule has 0 bridgehead atoms. The summed E-state index contributed by atoms with van der Waals surface area (Å²) >= 11 is 0. The summed E-state index contributed by atoms with van der Waals surface area (Å²) in [7, 11) is 0. The predicted molar refractivity (Wildman–Crippen MR) is 103 cm³/mol. The van der Waals surface area contributed by atoms with Crippen molar-refractivity contribution in [1.82, 2.24) is 10.2 Å². The minimum absolute atomic E-state index is 0.0832. The molecule has 1 aromatic rings. The summed E-state index contributed by atoms with van der Waals surface area (Å²) in [5, 5.41) is 3.16. The standard InChI is InChI=1S/C22H30N2O/c25-22(23-20-4-1-2-5-20)19-10-8-17(9-11-19)16-18-12-14-24(15-13-18)21-6-3-7-21/h8-11,16,20-21H,1-7,12-15H2,(H,23,25). The third kappa shape index (κ3) is 4.14. The Morgan fingerprint density at radius 3 is 2.24 bits per heavy atom. The Balaban J connectivity index is 1.31. The fourth-order valence-electron chi connectivity index (χ4n) is 4.38. The van der Waals surface area contributed by atoms with Gasteiger partial charge in [0.25, 0.3) is 5.91 Å². The number of hydrogen-bond acceptors (Lipinski definition) is 2. The largest absolute Gasteiger partial charge is 0.349 e. The van der Waals surface area contributed by atoms with E-state index in [9.17, 15) is 4.79 Å². The highest BCUT2D eigenvalue weighted by Crippen LogP contribution is 2.29. The first kappa shape index (κ1) is 16.8. The first-order chi connectivity index (χ1) is 12.3. The van der Waals surface area contributed by atoms with Crippen molar-refractivity contribution in [2.24, 2.45) is 0 Å². The van der Waals surface area contributed by atoms with E-state index < -0.39 is 0 Å². The molecule has 3 aliphatic rings. The van der Waals surface area contributed by atoms with Crippen molar-refractivity contribution in [2.75, 3.05) is 13.1 Å². The highest BCUT2D eigenvalue weighted by molar-refractivity contribution is 5.94. The lowest BCUT2D eigenvalue weighted by atomic mass is 9.89. The van der Waals surface area contributed by atoms with Gasteiger partial charge < -0.3 is 5.32 Å². The molecule has 134 valence electrons. The second-order valence-corrected chi connectivity index (χ2v) is 8.00. The van der Waals surface area contributed by atoms with Crippen molar-refractivity contribution >= 4 is 12.0 Å². The summed E-state index contributed by atoms with van der Waals surface area (Å²) in [6.45, 7) is 2.44. The summed E-state index contributed by atoms with van der Waals surface area (Å²) < 4.78 is 0. The summed E-state index contributed by atoms with van der Waals surface area (Å²) in [6, 6.07) is 9.39. The van der Waals surface area contributed by atoms with E-state index >= 15 is 0 Å². The number of nitrogens with zero attached hydrogens (tertiary/aromatic N) is 1. The van der Waals surface area contributed by atoms with Gasteiger partial charge in [-0.15, -0.1) is 0 Å². The monoisotopic (exact) mass is 338 g/mol. The third-order valence-corrected chi connectivity index (χ3v) is 6.27. The number of rotatable bonds is 4. The smallest absolute Gasteiger partial charge is 0.251 e. The molecule has 1 saturated heterocycles. The van der Waals surface area contributed by atoms with Crippen LogP contribution in [0.2, 0.25) is 0 Å². The molecule has 25 heavy (non-hydrogen) atoms. The molecule has 4 rings (SSSR count). The molecular weight excluding hydrogens is 308 g/mol. The van der Waals surface area contributed by atoms with Crippen molar-refractivity contribution in [1.29, 1.82) is 0 Å². The Labute approximate surface area is 151 Å². The summed E-state index contributed by atoms with van der Waals surface area (Å²) in [4.78, 5) is 15.0. The average molecular weight is 338 g/mol. The molecule has 3 nitrogen and oxygen atoms in total. The topological polar surface area (TPSA) is 32.3 Å². The number of nitrogens with one attached hydrogen (secondary N) is 1. The van der Waals surface area contributed by atoms with Gasteiger partial charge in [0.05, 0.1) is 0 Å². The van der Waals surface area contributed by atoms with E-state index in [-0.39, 0.29) is 5.91 Å². The zero-order valence-corrected chi connectivity index (χ0v) is 15.2. The lowest BCUT2D eigenvalue weighted by Gasteiger charge is -2.40. The lowest BCUT2D eigenvalue weighted by molar-refractivity contribution is 0.0938. The second-order valence-electron chi connectivity index (χ2n) is 8.00. The number of amides is 1. The molecule has 0 aromatic heterocycles. The van der Waals surface area contributed by atoms with Gasteiger partial charge in [0.1, 0.15) is 0 Å². The first-order valence-electron chi connectivity index (χ1n) is 10.1. The Kier molecular flexibility index (Phi) is 5.21. The fourth-order valence-corrected chi connectivity index (χ4v) is 4.38. The molecule has 1 aromatic carbocycles. The van der Waals surface area contributed by atoms with Gasteiger partial charge in [-0.1, -0.05) is 43.0 Å². The lowest BCUT2D eigenvalue weighted by Crippen LogP contribution is -2.43. The van der Waals surface area contributed by atoms with E-state index in [4.69, 9.17) is 0 Å². The molecule has 0 radical (unpaired) electrons. The molecule has 1 N–H and O–H groups in total. The minimum atomic E-state index is 0.0832. The van der Waals surface area contributed by atoms with Gasteiger partial charge in [0, 0.05) is 30.7 Å². The maximum atomic E-state index is 12.3. The summed E-state index contributed by atoms with van der Waals surface area (Å²) in [5.41, 5.74) is 3.57. The molecule has 1 amide bonds. The van der Waals surface area contributed by atoms with E-state index in [0.717, 1.165) is 24.4 Å². The number of hydrogen-bond donors (Lipinski definition) is 1. The Morgan fingerprint density at radius 1 is 0.960 bits per heavy atom. The number of likely N-dealkylation sites (tertiary alicyclic amines) is 1. The molecule has 1 heterocycles. The SMILES string of the molecule is O=C(NC1CCCC1)c1ccc(C=C2CCN(C3CCC3)CC2)cc1. The van der Waals surface area contributed by atoms with Crippen molar-refractivity contribution in [3.63, 3.8) is 0 Å². The molecule has 0 atom stereocenters. The average Bonchev–Trinajstić information content (AvgIpc) is 3.09. The van der Waals surface area contributed by atoms with Gasteiger partial charge in [-0.05, 0) is 56.2 Å². The van der Waals surface area contributed by atoms with Crippen LogP contribution in [0.4, 0.5) is 0 Å². The fraction of sp³-hybridized carbons (Fsp3) is 0.591. The summed E-state index contributed by atoms with van der Waals surface area (Å²) in [6.07, 6.45) is 13.7. The quantitative estimate of drug-likeness (QED) is 0.883. The molecule has 3 fully saturated rings. The maximum Gasteiger partial charge on any atom is 0.251 e. The van der Waals surface area contributed by atoms with Crippen LogP contribution < -0.4 is 5.32 Å². The van der Waals surface area contributed by atoms with Gasteiger partial charge >= 0.3 is 0 Å². The van der Waals surface area contributed by atoms with Crippen LogP contribution in [0.25, 0.3) is 6.08 Å². The normalized spacial score (nSPS) is 22.6. The van der Waals surface area contributed by atoms with Crippen molar-refractivity contribution in [3.8, 4) is 0 Å². The van der Waals surface area contributed by atoms with E-state index in [0.29, 0.717) is 6.04 Å². The van der Waals surface area contributed by atoms with Crippen LogP contribution in [-0.2, 0) is 0 Å². The Hall–Kier alpha value is -1.61. The molecular formula is C22H30N2O. The second kappa shape index (κ2) is 7.74. The van der Waals surface area contributed by atoms with E-state index in [2.05, 4.69) is 28.4 Å². The van der Waals surface area contributed by atoms with Crippen molar-refractivity contribution < 1.29 is 4.79 Å². The zero-order chi connectivity index (χ0) is 17.1. The first-order valence-corrected chi connectivity index (χ1v) is 10.1. The van der Waals surface area contributed by atoms with Crippen LogP contribution in [0.1, 0.15) is 73.7 Å². The molecule has 1 aliphatic heterocycles. The number of carbonyl (C=O) groups excluding carboxylic acids is 1. The van der Waals surface area contributed by atoms with Crippen LogP contribution in [0, 0.1) is 0 Å². The van der Waals surface area contributed by atoms with Crippen LogP contribution in [0.3, 0.4) is 0 Å². The van der Waals surface area contributed by atoms with Gasteiger partial charge in [0.2, 0.25) is 0 Å². The van der Waals surface area contributed by atoms with Crippen molar-refractivity contribution in [2.45, 2.75) is 69.9 Å². The predicted octanol–water partition coefficient (Wildman–Crippen LogP) is 4.39. The number of piperidine rings is 1. The maximum absolute atomic E-state index is 12.3. The zero-order valence-electron chi connectivity index (χ0n) is 15.2. The van der Waals surface area contributed by atoms with Crippen LogP contribution >= 0.6 is 0 Å². The van der Waals surface area contributed by atoms with Gasteiger partial charge in [-0.25, -0.2) is 0 Å². The van der Waals surface area contributed by atoms with Gasteiger partial charge in [-0.3, -0.25) is 9.69 Å². The summed E-state index contributed by atoms with van der Waals surface area (Å²) in [5.74, 6) is 0.0832. The van der Waals surface area contributed by atoms with E-state index in [1.807, 2.05) is 12.1 Å². The van der Waals surface area contributed by atoms with Gasteiger partial charge in [-0.2, -0.15) is 0 Å². The van der Waals surface area contributed by atoms with E-state index in [1.54, 1.807) is 5.57 Å². The molecule has 0 unspecified atom stereocenters. The highest BCUT2D eigenvalue weighted by atomic mass is 16.1. The molecule has 3 heteroatoms. The van der Waals surface area contributed by atoms with Crippen molar-refractivity contribution in [3.05, 3.63) is 41.0 Å². The van der Waals surface area contributed by atoms with E-state index in [1.165, 1.54) is 63.6 Å². The Morgan fingerprint density at radius 2 is 1.64 bits per heavy atom. The van der Waals surface area contributed by atoms with Crippen LogP contribution in [0.15, 0.2) is 29.8 Å². The third-order valence-electron chi connectivity index (χ3n) is 6.27. The van der Waals surface area contributed by atoms with Crippen LogP contribution in [0.5, 0.6) is 0 Å². The molecule has 0 spiro atoms. The number of benzene rings is 1. The molecule has 2 saturated carbocycles. The van der Waals surface area contributed by atoms with Gasteiger partial charge in [0.15, 0.2) is 0 Å². The van der Waals surface area contributed by atoms with Crippen LogP contribution in [-0.4, -0.2) is 36.0 Å². The molecule has 2 aliphatic carbocycles. The highest BCUT2D eigenvalue weighted by Gasteiger charge is 2.26. The minimum Gasteiger partial charge on any atom is -0.349 e. The Bertz CT molecular complexity index is 614.